The maximum Gasteiger partial charge on any atom is 0.126 e. The maximum absolute atomic E-state index is 13.5. The van der Waals surface area contributed by atoms with Crippen LogP contribution in [0.4, 0.5) is 4.39 Å². The molecule has 1 aliphatic rings. The largest absolute Gasteiger partial charge is 0.390 e. The minimum absolute atomic E-state index is 0.266. The van der Waals surface area contributed by atoms with E-state index in [2.05, 4.69) is 4.90 Å². The average Bonchev–Trinajstić information content (AvgIpc) is 2.60. The molecule has 118 valence electrons. The zero-order valence-electron chi connectivity index (χ0n) is 13.0. The van der Waals surface area contributed by atoms with E-state index < -0.39 is 11.7 Å². The number of aliphatic hydroxyl groups excluding tert-OH is 1. The number of likely N-dealkylation sites (tertiary alicyclic amines) is 1. The summed E-state index contributed by atoms with van der Waals surface area (Å²) in [6.45, 7) is 6.18. The molecule has 3 nitrogen and oxygen atoms in total. The summed E-state index contributed by atoms with van der Waals surface area (Å²) in [4.78, 5) is 2.27. The van der Waals surface area contributed by atoms with Gasteiger partial charge in [-0.2, -0.15) is 0 Å². The summed E-state index contributed by atoms with van der Waals surface area (Å²) in [6, 6.07) is 4.92. The molecule has 1 fully saturated rings. The van der Waals surface area contributed by atoms with E-state index in [1.807, 2.05) is 6.92 Å². The zero-order valence-corrected chi connectivity index (χ0v) is 13.0. The van der Waals surface area contributed by atoms with Crippen LogP contribution < -0.4 is 0 Å². The summed E-state index contributed by atoms with van der Waals surface area (Å²) in [5.41, 5.74) is 0.675. The molecule has 0 bridgehead atoms. The summed E-state index contributed by atoms with van der Waals surface area (Å²) >= 11 is 0. The minimum Gasteiger partial charge on any atom is -0.390 e. The van der Waals surface area contributed by atoms with E-state index in [0.717, 1.165) is 38.9 Å². The molecule has 2 N–H and O–H groups in total. The summed E-state index contributed by atoms with van der Waals surface area (Å²) in [6.07, 6.45) is 2.52. The number of benzene rings is 1. The molecule has 1 aliphatic heterocycles. The summed E-state index contributed by atoms with van der Waals surface area (Å²) in [5, 5.41) is 20.3. The first-order valence-electron chi connectivity index (χ1n) is 7.76. The standard InChI is InChI=1S/C17H26FNO2/c1-13-4-5-14(12-15(13)18)16(20)6-10-19-9-3-7-17(2,21)8-11-19/h4-5,12,16,20-21H,3,6-11H2,1-2H3. The second-order valence-electron chi connectivity index (χ2n) is 6.51. The van der Waals surface area contributed by atoms with Crippen LogP contribution in [0.1, 0.15) is 49.8 Å². The molecular weight excluding hydrogens is 269 g/mol. The van der Waals surface area contributed by atoms with Crippen molar-refractivity contribution in [3.8, 4) is 0 Å². The minimum atomic E-state index is -0.635. The number of aryl methyl sites for hydroxylation is 1. The smallest absolute Gasteiger partial charge is 0.126 e. The van der Waals surface area contributed by atoms with Crippen molar-refractivity contribution >= 4 is 0 Å². The Bertz CT molecular complexity index is 476. The van der Waals surface area contributed by atoms with Gasteiger partial charge in [-0.15, -0.1) is 0 Å². The van der Waals surface area contributed by atoms with Gasteiger partial charge in [-0.25, -0.2) is 4.39 Å². The molecule has 2 atom stereocenters. The molecule has 0 amide bonds. The van der Waals surface area contributed by atoms with E-state index in [-0.39, 0.29) is 5.82 Å². The Labute approximate surface area is 126 Å². The molecule has 1 saturated heterocycles. The predicted octanol–water partition coefficient (Wildman–Crippen LogP) is 2.79. The number of aliphatic hydroxyl groups is 2. The first kappa shape index (κ1) is 16.4. The zero-order chi connectivity index (χ0) is 15.5. The highest BCUT2D eigenvalue weighted by atomic mass is 19.1. The van der Waals surface area contributed by atoms with Crippen molar-refractivity contribution in [2.75, 3.05) is 19.6 Å². The SMILES string of the molecule is Cc1ccc(C(O)CCN2CCCC(C)(O)CC2)cc1F. The third kappa shape index (κ3) is 4.77. The molecular formula is C17H26FNO2. The molecule has 1 aromatic carbocycles. The summed E-state index contributed by atoms with van der Waals surface area (Å²) < 4.78 is 13.5. The predicted molar refractivity (Wildman–Crippen MR) is 81.6 cm³/mol. The van der Waals surface area contributed by atoms with Crippen LogP contribution in [0, 0.1) is 12.7 Å². The van der Waals surface area contributed by atoms with Gasteiger partial charge in [-0.05, 0) is 63.3 Å². The van der Waals surface area contributed by atoms with Crippen molar-refractivity contribution < 1.29 is 14.6 Å². The van der Waals surface area contributed by atoms with Crippen LogP contribution in [0.15, 0.2) is 18.2 Å². The van der Waals surface area contributed by atoms with Crippen molar-refractivity contribution in [2.24, 2.45) is 0 Å². The second-order valence-corrected chi connectivity index (χ2v) is 6.51. The van der Waals surface area contributed by atoms with Crippen molar-refractivity contribution in [2.45, 2.75) is 51.2 Å². The van der Waals surface area contributed by atoms with Crippen LogP contribution in [0.3, 0.4) is 0 Å². The third-order valence-electron chi connectivity index (χ3n) is 4.46. The molecule has 0 radical (unpaired) electrons. The van der Waals surface area contributed by atoms with Crippen LogP contribution in [0.25, 0.3) is 0 Å². The molecule has 0 aromatic heterocycles. The van der Waals surface area contributed by atoms with Gasteiger partial charge >= 0.3 is 0 Å². The molecule has 0 saturated carbocycles. The molecule has 0 spiro atoms. The molecule has 2 unspecified atom stereocenters. The van der Waals surface area contributed by atoms with Crippen molar-refractivity contribution in [3.05, 3.63) is 35.1 Å². The van der Waals surface area contributed by atoms with Crippen LogP contribution in [0.2, 0.25) is 0 Å². The highest BCUT2D eigenvalue weighted by molar-refractivity contribution is 5.24. The number of rotatable bonds is 4. The average molecular weight is 295 g/mol. The summed E-state index contributed by atoms with van der Waals surface area (Å²) in [5.74, 6) is -0.266. The van der Waals surface area contributed by atoms with E-state index >= 15 is 0 Å². The number of hydrogen-bond acceptors (Lipinski definition) is 3. The maximum atomic E-state index is 13.5. The Hall–Kier alpha value is -0.970. The van der Waals surface area contributed by atoms with Gasteiger partial charge in [0.25, 0.3) is 0 Å². The first-order valence-corrected chi connectivity index (χ1v) is 7.76. The van der Waals surface area contributed by atoms with E-state index in [1.54, 1.807) is 19.1 Å². The normalized spacial score (nSPS) is 25.6. The van der Waals surface area contributed by atoms with E-state index in [1.165, 1.54) is 6.07 Å². The molecule has 2 rings (SSSR count). The quantitative estimate of drug-likeness (QED) is 0.897. The number of halogens is 1. The Morgan fingerprint density at radius 3 is 2.81 bits per heavy atom. The summed E-state index contributed by atoms with van der Waals surface area (Å²) in [7, 11) is 0. The van der Waals surface area contributed by atoms with E-state index in [0.29, 0.717) is 17.5 Å². The molecule has 21 heavy (non-hydrogen) atoms. The van der Waals surface area contributed by atoms with Gasteiger partial charge in [0.2, 0.25) is 0 Å². The van der Waals surface area contributed by atoms with Gasteiger partial charge in [0.05, 0.1) is 11.7 Å². The van der Waals surface area contributed by atoms with Crippen molar-refractivity contribution in [1.82, 2.24) is 4.90 Å². The third-order valence-corrected chi connectivity index (χ3v) is 4.46. The highest BCUT2D eigenvalue weighted by Crippen LogP contribution is 2.23. The van der Waals surface area contributed by atoms with Gasteiger partial charge in [0.1, 0.15) is 5.82 Å². The van der Waals surface area contributed by atoms with Crippen LogP contribution in [-0.2, 0) is 0 Å². The van der Waals surface area contributed by atoms with Crippen LogP contribution in [0.5, 0.6) is 0 Å². The van der Waals surface area contributed by atoms with Gasteiger partial charge in [0, 0.05) is 13.1 Å². The van der Waals surface area contributed by atoms with E-state index in [4.69, 9.17) is 0 Å². The Balaban J connectivity index is 1.86. The second kappa shape index (κ2) is 6.86. The topological polar surface area (TPSA) is 43.7 Å². The molecule has 1 aromatic rings. The van der Waals surface area contributed by atoms with Gasteiger partial charge in [-0.3, -0.25) is 0 Å². The fourth-order valence-electron chi connectivity index (χ4n) is 2.83. The lowest BCUT2D eigenvalue weighted by molar-refractivity contribution is 0.0441. The lowest BCUT2D eigenvalue weighted by Crippen LogP contribution is -2.29. The molecule has 1 heterocycles. The molecule has 4 heteroatoms. The van der Waals surface area contributed by atoms with Crippen molar-refractivity contribution in [1.29, 1.82) is 0 Å². The number of hydrogen-bond donors (Lipinski definition) is 2. The Morgan fingerprint density at radius 1 is 1.33 bits per heavy atom. The monoisotopic (exact) mass is 295 g/mol. The van der Waals surface area contributed by atoms with Crippen LogP contribution in [-0.4, -0.2) is 40.3 Å². The fourth-order valence-corrected chi connectivity index (χ4v) is 2.83. The van der Waals surface area contributed by atoms with Gasteiger partial charge in [-0.1, -0.05) is 12.1 Å². The number of nitrogens with zero attached hydrogens (tertiary/aromatic N) is 1. The lowest BCUT2D eigenvalue weighted by atomic mass is 9.98. The molecule has 0 aliphatic carbocycles. The van der Waals surface area contributed by atoms with E-state index in [9.17, 15) is 14.6 Å². The van der Waals surface area contributed by atoms with Crippen LogP contribution >= 0.6 is 0 Å². The van der Waals surface area contributed by atoms with Gasteiger partial charge in [0.15, 0.2) is 0 Å². The van der Waals surface area contributed by atoms with Gasteiger partial charge < -0.3 is 15.1 Å². The Kier molecular flexibility index (Phi) is 5.36. The fraction of sp³-hybridized carbons (Fsp3) is 0.647. The Morgan fingerprint density at radius 2 is 2.10 bits per heavy atom. The highest BCUT2D eigenvalue weighted by Gasteiger charge is 2.25. The first-order chi connectivity index (χ1) is 9.87. The lowest BCUT2D eigenvalue weighted by Gasteiger charge is -2.23. The van der Waals surface area contributed by atoms with Crippen molar-refractivity contribution in [3.63, 3.8) is 0 Å².